The molecule has 0 aliphatic carbocycles. The molecule has 0 aliphatic heterocycles. The monoisotopic (exact) mass is 548 g/mol. The number of nitrogens with two attached hydrogens (primary N) is 1. The highest BCUT2D eigenvalue weighted by atomic mass is 79.9. The molecule has 7 nitrogen and oxygen atoms in total. The van der Waals surface area contributed by atoms with Crippen LogP contribution in [0.2, 0.25) is 0 Å². The Balaban J connectivity index is 1.73. The van der Waals surface area contributed by atoms with E-state index in [-0.39, 0.29) is 29.3 Å². The SMILES string of the molecule is C[C@H](c1ncccc1F)N(Cc1ccc(C(F)(F)F)cn1)C(=O)c1cnc2nc(N)c(Br)cc2c1. The predicted octanol–water partition coefficient (Wildman–Crippen LogP) is 5.33. The van der Waals surface area contributed by atoms with Crippen LogP contribution in [0.4, 0.5) is 23.4 Å². The Labute approximate surface area is 205 Å². The number of halogens is 5. The maximum Gasteiger partial charge on any atom is 0.417 e. The number of nitrogens with zero attached hydrogens (tertiary/aromatic N) is 5. The summed E-state index contributed by atoms with van der Waals surface area (Å²) < 4.78 is 53.8. The molecule has 4 aromatic heterocycles. The minimum atomic E-state index is -4.55. The van der Waals surface area contributed by atoms with Gasteiger partial charge in [0, 0.05) is 24.0 Å². The van der Waals surface area contributed by atoms with Gasteiger partial charge in [-0.05, 0) is 59.3 Å². The Morgan fingerprint density at radius 1 is 1.14 bits per heavy atom. The molecule has 0 bridgehead atoms. The van der Waals surface area contributed by atoms with Crippen molar-refractivity contribution in [2.75, 3.05) is 5.73 Å². The molecule has 4 aromatic rings. The number of amides is 1. The van der Waals surface area contributed by atoms with Gasteiger partial charge in [-0.25, -0.2) is 14.4 Å². The van der Waals surface area contributed by atoms with Crippen LogP contribution in [-0.4, -0.2) is 30.7 Å². The molecule has 0 unspecified atom stereocenters. The molecule has 12 heteroatoms. The van der Waals surface area contributed by atoms with Crippen molar-refractivity contribution in [1.82, 2.24) is 24.8 Å². The van der Waals surface area contributed by atoms with Gasteiger partial charge >= 0.3 is 6.18 Å². The molecule has 0 aliphatic rings. The van der Waals surface area contributed by atoms with Crippen molar-refractivity contribution in [2.45, 2.75) is 25.7 Å². The van der Waals surface area contributed by atoms with E-state index in [0.29, 0.717) is 21.7 Å². The van der Waals surface area contributed by atoms with Gasteiger partial charge in [0.1, 0.15) is 11.6 Å². The van der Waals surface area contributed by atoms with E-state index in [4.69, 9.17) is 5.73 Å². The van der Waals surface area contributed by atoms with Gasteiger partial charge < -0.3 is 10.6 Å². The van der Waals surface area contributed by atoms with E-state index >= 15 is 0 Å². The summed E-state index contributed by atoms with van der Waals surface area (Å²) in [5.41, 5.74) is 5.52. The lowest BCUT2D eigenvalue weighted by Crippen LogP contribution is -2.34. The summed E-state index contributed by atoms with van der Waals surface area (Å²) in [4.78, 5) is 31.1. The van der Waals surface area contributed by atoms with Gasteiger partial charge in [0.05, 0.1) is 39.6 Å². The molecule has 0 spiro atoms. The summed E-state index contributed by atoms with van der Waals surface area (Å²) in [6, 6.07) is 7.01. The predicted molar refractivity (Wildman–Crippen MR) is 123 cm³/mol. The molecular weight excluding hydrogens is 532 g/mol. The topological polar surface area (TPSA) is 97.9 Å². The molecular formula is C23H17BrF4N6O. The Kier molecular flexibility index (Phi) is 6.66. The van der Waals surface area contributed by atoms with Crippen molar-refractivity contribution >= 4 is 38.7 Å². The number of hydrogen-bond acceptors (Lipinski definition) is 6. The van der Waals surface area contributed by atoms with Crippen molar-refractivity contribution in [1.29, 1.82) is 0 Å². The maximum atomic E-state index is 14.5. The first kappa shape index (κ1) is 24.5. The van der Waals surface area contributed by atoms with Gasteiger partial charge in [-0.1, -0.05) is 0 Å². The van der Waals surface area contributed by atoms with Crippen molar-refractivity contribution in [3.05, 3.63) is 87.8 Å². The van der Waals surface area contributed by atoms with Crippen LogP contribution in [0.25, 0.3) is 11.0 Å². The van der Waals surface area contributed by atoms with Crippen LogP contribution in [-0.2, 0) is 12.7 Å². The number of nitrogen functional groups attached to an aromatic ring is 1. The van der Waals surface area contributed by atoms with Crippen LogP contribution >= 0.6 is 15.9 Å². The quantitative estimate of drug-likeness (QED) is 0.339. The van der Waals surface area contributed by atoms with E-state index < -0.39 is 29.5 Å². The minimum absolute atomic E-state index is 0.00121. The fourth-order valence-electron chi connectivity index (χ4n) is 3.43. The van der Waals surface area contributed by atoms with Crippen LogP contribution in [0.1, 0.15) is 40.3 Å². The highest BCUT2D eigenvalue weighted by Gasteiger charge is 2.31. The van der Waals surface area contributed by atoms with Crippen molar-refractivity contribution in [2.24, 2.45) is 0 Å². The van der Waals surface area contributed by atoms with Crippen LogP contribution in [0.15, 0.2) is 59.5 Å². The third-order valence-electron chi connectivity index (χ3n) is 5.29. The van der Waals surface area contributed by atoms with Crippen molar-refractivity contribution < 1.29 is 22.4 Å². The van der Waals surface area contributed by atoms with Crippen molar-refractivity contribution in [3.63, 3.8) is 0 Å². The molecule has 1 amide bonds. The smallest absolute Gasteiger partial charge is 0.383 e. The van der Waals surface area contributed by atoms with E-state index in [9.17, 15) is 22.4 Å². The number of rotatable bonds is 5. The first-order valence-corrected chi connectivity index (χ1v) is 11.0. The number of carbonyl (C=O) groups is 1. The van der Waals surface area contributed by atoms with Gasteiger partial charge in [-0.3, -0.25) is 14.8 Å². The summed E-state index contributed by atoms with van der Waals surface area (Å²) >= 11 is 3.28. The number of fused-ring (bicyclic) bond motifs is 1. The second-order valence-corrected chi connectivity index (χ2v) is 8.50. The van der Waals surface area contributed by atoms with E-state index in [1.54, 1.807) is 19.1 Å². The lowest BCUT2D eigenvalue weighted by molar-refractivity contribution is -0.137. The zero-order valence-electron chi connectivity index (χ0n) is 18.1. The second kappa shape index (κ2) is 9.53. The highest BCUT2D eigenvalue weighted by Crippen LogP contribution is 2.30. The van der Waals surface area contributed by atoms with Gasteiger partial charge in [-0.2, -0.15) is 13.2 Å². The molecule has 1 atom stereocenters. The number of pyridine rings is 4. The number of anilines is 1. The van der Waals surface area contributed by atoms with Crippen LogP contribution in [0.5, 0.6) is 0 Å². The van der Waals surface area contributed by atoms with Crippen LogP contribution in [0.3, 0.4) is 0 Å². The molecule has 2 N–H and O–H groups in total. The standard InChI is InChI=1S/C23H17BrF4N6O/c1-12(19-18(25)3-2-6-30-19)34(11-16-5-4-15(10-31-16)23(26,27)28)22(35)14-7-13-8-17(24)20(29)33-21(13)32-9-14/h2-10,12H,11H2,1H3,(H2,29,32,33)/t12-/m1/s1. The van der Waals surface area contributed by atoms with Gasteiger partial charge in [0.2, 0.25) is 0 Å². The molecule has 35 heavy (non-hydrogen) atoms. The fourth-order valence-corrected chi connectivity index (χ4v) is 3.77. The number of carbonyl (C=O) groups excluding carboxylic acids is 1. The maximum absolute atomic E-state index is 14.5. The largest absolute Gasteiger partial charge is 0.417 e. The first-order chi connectivity index (χ1) is 16.5. The van der Waals surface area contributed by atoms with Gasteiger partial charge in [0.25, 0.3) is 5.91 Å². The Bertz CT molecular complexity index is 1400. The van der Waals surface area contributed by atoms with Gasteiger partial charge in [-0.15, -0.1) is 0 Å². The molecule has 0 saturated heterocycles. The molecule has 180 valence electrons. The summed E-state index contributed by atoms with van der Waals surface area (Å²) in [6.45, 7) is 1.37. The zero-order chi connectivity index (χ0) is 25.3. The summed E-state index contributed by atoms with van der Waals surface area (Å²) in [5.74, 6) is -0.941. The third-order valence-corrected chi connectivity index (χ3v) is 5.93. The molecule has 0 aromatic carbocycles. The van der Waals surface area contributed by atoms with E-state index in [2.05, 4.69) is 35.9 Å². The normalized spacial score (nSPS) is 12.5. The van der Waals surface area contributed by atoms with E-state index in [1.165, 1.54) is 35.5 Å². The fraction of sp³-hybridized carbons (Fsp3) is 0.174. The Morgan fingerprint density at radius 2 is 1.91 bits per heavy atom. The molecule has 4 heterocycles. The lowest BCUT2D eigenvalue weighted by Gasteiger charge is -2.29. The third kappa shape index (κ3) is 5.21. The highest BCUT2D eigenvalue weighted by molar-refractivity contribution is 9.10. The minimum Gasteiger partial charge on any atom is -0.383 e. The average molecular weight is 549 g/mol. The zero-order valence-corrected chi connectivity index (χ0v) is 19.7. The average Bonchev–Trinajstić information content (AvgIpc) is 2.82. The Hall–Kier alpha value is -3.67. The van der Waals surface area contributed by atoms with Gasteiger partial charge in [0.15, 0.2) is 5.65 Å². The van der Waals surface area contributed by atoms with Crippen LogP contribution < -0.4 is 5.73 Å². The number of alkyl halides is 3. The first-order valence-electron chi connectivity index (χ1n) is 10.2. The molecule has 0 radical (unpaired) electrons. The number of hydrogen-bond donors (Lipinski definition) is 1. The van der Waals surface area contributed by atoms with E-state index in [1.807, 2.05) is 0 Å². The Morgan fingerprint density at radius 3 is 2.57 bits per heavy atom. The van der Waals surface area contributed by atoms with Crippen molar-refractivity contribution in [3.8, 4) is 0 Å². The second-order valence-electron chi connectivity index (χ2n) is 7.64. The molecule has 0 saturated carbocycles. The number of aromatic nitrogens is 4. The molecule has 0 fully saturated rings. The summed E-state index contributed by atoms with van der Waals surface area (Å²) in [7, 11) is 0. The lowest BCUT2D eigenvalue weighted by atomic mass is 10.1. The molecule has 4 rings (SSSR count). The summed E-state index contributed by atoms with van der Waals surface area (Å²) in [6.07, 6.45) is -1.16. The van der Waals surface area contributed by atoms with E-state index in [0.717, 1.165) is 6.07 Å². The summed E-state index contributed by atoms with van der Waals surface area (Å²) in [5, 5.41) is 0.529. The van der Waals surface area contributed by atoms with Crippen LogP contribution in [0, 0.1) is 5.82 Å².